The molecule has 0 saturated heterocycles. The van der Waals surface area contributed by atoms with Gasteiger partial charge in [0.15, 0.2) is 5.69 Å². The van der Waals surface area contributed by atoms with E-state index in [1.807, 2.05) is 25.1 Å². The molecule has 0 radical (unpaired) electrons. The number of halogens is 2. The standard InChI is InChI=1S/C19H15ClFNO3S/c1-11-2-5-17(25-9-12-3-4-14(21)8-15(12)20)13(6-11)7-18-22-16(10-26-18)19(23)24/h2-6,8,10H,7,9H2,1H3,(H,23,24). The Kier molecular flexibility index (Phi) is 5.54. The van der Waals surface area contributed by atoms with Crippen LogP contribution in [-0.4, -0.2) is 16.1 Å². The Labute approximate surface area is 158 Å². The van der Waals surface area contributed by atoms with Crippen LogP contribution in [0.3, 0.4) is 0 Å². The van der Waals surface area contributed by atoms with Gasteiger partial charge in [0.2, 0.25) is 0 Å². The normalized spacial score (nSPS) is 10.7. The molecule has 0 saturated carbocycles. The monoisotopic (exact) mass is 391 g/mol. The van der Waals surface area contributed by atoms with E-state index in [-0.39, 0.29) is 12.3 Å². The average molecular weight is 392 g/mol. The smallest absolute Gasteiger partial charge is 0.355 e. The van der Waals surface area contributed by atoms with E-state index in [1.165, 1.54) is 28.8 Å². The zero-order valence-corrected chi connectivity index (χ0v) is 15.4. The summed E-state index contributed by atoms with van der Waals surface area (Å²) in [6.45, 7) is 2.17. The number of ether oxygens (including phenoxy) is 1. The van der Waals surface area contributed by atoms with E-state index in [4.69, 9.17) is 21.4 Å². The topological polar surface area (TPSA) is 59.4 Å². The van der Waals surface area contributed by atoms with Crippen molar-refractivity contribution in [2.24, 2.45) is 0 Å². The quantitative estimate of drug-likeness (QED) is 0.634. The SMILES string of the molecule is Cc1ccc(OCc2ccc(F)cc2Cl)c(Cc2nc(C(=O)O)cs2)c1. The first-order valence-electron chi connectivity index (χ1n) is 7.76. The molecule has 0 aliphatic rings. The molecule has 1 heterocycles. The molecule has 0 atom stereocenters. The Balaban J connectivity index is 1.79. The molecule has 1 N–H and O–H groups in total. The van der Waals surface area contributed by atoms with Crippen molar-refractivity contribution in [2.45, 2.75) is 20.0 Å². The number of carboxylic acid groups (broad SMARTS) is 1. The summed E-state index contributed by atoms with van der Waals surface area (Å²) in [6, 6.07) is 9.93. The average Bonchev–Trinajstić information content (AvgIpc) is 3.04. The number of aromatic nitrogens is 1. The van der Waals surface area contributed by atoms with Crippen molar-refractivity contribution in [3.8, 4) is 5.75 Å². The van der Waals surface area contributed by atoms with Crippen molar-refractivity contribution in [1.82, 2.24) is 4.98 Å². The van der Waals surface area contributed by atoms with E-state index in [9.17, 15) is 9.18 Å². The summed E-state index contributed by atoms with van der Waals surface area (Å²) >= 11 is 7.33. The third-order valence-corrected chi connectivity index (χ3v) is 4.93. The van der Waals surface area contributed by atoms with Gasteiger partial charge in [0.25, 0.3) is 0 Å². The van der Waals surface area contributed by atoms with E-state index in [0.29, 0.717) is 27.8 Å². The predicted octanol–water partition coefficient (Wildman–Crippen LogP) is 5.11. The predicted molar refractivity (Wildman–Crippen MR) is 98.8 cm³/mol. The minimum absolute atomic E-state index is 0.0400. The minimum Gasteiger partial charge on any atom is -0.489 e. The fourth-order valence-electron chi connectivity index (χ4n) is 2.43. The van der Waals surface area contributed by atoms with Crippen LogP contribution < -0.4 is 4.74 Å². The van der Waals surface area contributed by atoms with Crippen LogP contribution in [-0.2, 0) is 13.0 Å². The summed E-state index contributed by atoms with van der Waals surface area (Å²) in [7, 11) is 0. The molecule has 0 aliphatic carbocycles. The molecular formula is C19H15ClFNO3S. The summed E-state index contributed by atoms with van der Waals surface area (Å²) in [4.78, 5) is 15.1. The van der Waals surface area contributed by atoms with Gasteiger partial charge in [-0.05, 0) is 25.1 Å². The molecular weight excluding hydrogens is 377 g/mol. The zero-order valence-electron chi connectivity index (χ0n) is 13.8. The fourth-order valence-corrected chi connectivity index (χ4v) is 3.45. The van der Waals surface area contributed by atoms with Crippen molar-refractivity contribution in [2.75, 3.05) is 0 Å². The fraction of sp³-hybridized carbons (Fsp3) is 0.158. The lowest BCUT2D eigenvalue weighted by molar-refractivity contribution is 0.0691. The van der Waals surface area contributed by atoms with Crippen LogP contribution in [0.4, 0.5) is 4.39 Å². The van der Waals surface area contributed by atoms with Crippen LogP contribution in [0, 0.1) is 12.7 Å². The highest BCUT2D eigenvalue weighted by Crippen LogP contribution is 2.27. The number of nitrogens with zero attached hydrogens (tertiary/aromatic N) is 1. The maximum atomic E-state index is 13.1. The highest BCUT2D eigenvalue weighted by atomic mass is 35.5. The second kappa shape index (κ2) is 7.85. The summed E-state index contributed by atoms with van der Waals surface area (Å²) in [5, 5.41) is 11.5. The van der Waals surface area contributed by atoms with E-state index >= 15 is 0 Å². The first-order valence-corrected chi connectivity index (χ1v) is 9.02. The van der Waals surface area contributed by atoms with Crippen LogP contribution in [0.15, 0.2) is 41.8 Å². The highest BCUT2D eigenvalue weighted by molar-refractivity contribution is 7.09. The second-order valence-corrected chi connectivity index (χ2v) is 7.09. The molecule has 26 heavy (non-hydrogen) atoms. The maximum absolute atomic E-state index is 13.1. The molecule has 3 aromatic rings. The molecule has 0 spiro atoms. The van der Waals surface area contributed by atoms with Crippen molar-refractivity contribution in [3.63, 3.8) is 0 Å². The molecule has 0 unspecified atom stereocenters. The first kappa shape index (κ1) is 18.4. The second-order valence-electron chi connectivity index (χ2n) is 5.74. The van der Waals surface area contributed by atoms with Gasteiger partial charge in [-0.25, -0.2) is 14.2 Å². The van der Waals surface area contributed by atoms with Crippen LogP contribution in [0.25, 0.3) is 0 Å². The van der Waals surface area contributed by atoms with Crippen molar-refractivity contribution >= 4 is 28.9 Å². The van der Waals surface area contributed by atoms with E-state index < -0.39 is 11.8 Å². The Morgan fingerprint density at radius 2 is 2.08 bits per heavy atom. The number of hydrogen-bond acceptors (Lipinski definition) is 4. The number of thiazole rings is 1. The van der Waals surface area contributed by atoms with Gasteiger partial charge in [0, 0.05) is 22.9 Å². The summed E-state index contributed by atoms with van der Waals surface area (Å²) in [6.07, 6.45) is 0.464. The molecule has 4 nitrogen and oxygen atoms in total. The van der Waals surface area contributed by atoms with Crippen LogP contribution in [0.1, 0.15) is 32.2 Å². The van der Waals surface area contributed by atoms with Crippen molar-refractivity contribution in [1.29, 1.82) is 0 Å². The van der Waals surface area contributed by atoms with Crippen LogP contribution in [0.5, 0.6) is 5.75 Å². The zero-order chi connectivity index (χ0) is 18.7. The van der Waals surface area contributed by atoms with Gasteiger partial charge in [-0.2, -0.15) is 0 Å². The summed E-state index contributed by atoms with van der Waals surface area (Å²) < 4.78 is 19.0. The Bertz CT molecular complexity index is 958. The minimum atomic E-state index is -1.04. The third-order valence-electron chi connectivity index (χ3n) is 3.73. The largest absolute Gasteiger partial charge is 0.489 e. The van der Waals surface area contributed by atoms with Crippen LogP contribution in [0.2, 0.25) is 5.02 Å². The van der Waals surface area contributed by atoms with E-state index in [1.54, 1.807) is 6.07 Å². The highest BCUT2D eigenvalue weighted by Gasteiger charge is 2.12. The Hall–Kier alpha value is -2.44. The maximum Gasteiger partial charge on any atom is 0.355 e. The van der Waals surface area contributed by atoms with Gasteiger partial charge >= 0.3 is 5.97 Å². The van der Waals surface area contributed by atoms with Gasteiger partial charge in [-0.15, -0.1) is 11.3 Å². The Morgan fingerprint density at radius 3 is 2.77 bits per heavy atom. The molecule has 0 amide bonds. The molecule has 134 valence electrons. The number of hydrogen-bond donors (Lipinski definition) is 1. The lowest BCUT2D eigenvalue weighted by Gasteiger charge is -2.12. The molecule has 0 bridgehead atoms. The molecule has 7 heteroatoms. The molecule has 1 aromatic heterocycles. The number of benzene rings is 2. The molecule has 0 aliphatic heterocycles. The van der Waals surface area contributed by atoms with Gasteiger partial charge in [0.1, 0.15) is 18.2 Å². The number of carbonyl (C=O) groups is 1. The number of aromatic carboxylic acids is 1. The van der Waals surface area contributed by atoms with Gasteiger partial charge in [-0.3, -0.25) is 0 Å². The molecule has 2 aromatic carbocycles. The number of rotatable bonds is 6. The van der Waals surface area contributed by atoms with Crippen molar-refractivity contribution < 1.29 is 19.0 Å². The van der Waals surface area contributed by atoms with E-state index in [0.717, 1.165) is 11.1 Å². The third kappa shape index (κ3) is 4.39. The summed E-state index contributed by atoms with van der Waals surface area (Å²) in [5.41, 5.74) is 2.68. The lowest BCUT2D eigenvalue weighted by Crippen LogP contribution is -2.01. The van der Waals surface area contributed by atoms with Crippen molar-refractivity contribution in [3.05, 3.63) is 80.0 Å². The summed E-state index contributed by atoms with van der Waals surface area (Å²) in [5.74, 6) is -0.782. The number of carboxylic acids is 1. The van der Waals surface area contributed by atoms with Gasteiger partial charge < -0.3 is 9.84 Å². The number of aryl methyl sites for hydroxylation is 1. The molecule has 0 fully saturated rings. The van der Waals surface area contributed by atoms with Crippen LogP contribution >= 0.6 is 22.9 Å². The lowest BCUT2D eigenvalue weighted by atomic mass is 10.1. The van der Waals surface area contributed by atoms with E-state index in [2.05, 4.69) is 4.98 Å². The van der Waals surface area contributed by atoms with Gasteiger partial charge in [0.05, 0.1) is 10.0 Å². The molecule has 3 rings (SSSR count). The van der Waals surface area contributed by atoms with Gasteiger partial charge in [-0.1, -0.05) is 35.4 Å². The Morgan fingerprint density at radius 1 is 1.27 bits per heavy atom. The first-order chi connectivity index (χ1) is 12.4.